The number of alkyl halides is 1. The van der Waals surface area contributed by atoms with Crippen LogP contribution in [0.3, 0.4) is 0 Å². The molecule has 1 unspecified atom stereocenters. The molecule has 2 N–H and O–H groups in total. The zero-order valence-electron chi connectivity index (χ0n) is 15.7. The van der Waals surface area contributed by atoms with E-state index in [1.807, 2.05) is 0 Å². The van der Waals surface area contributed by atoms with Crippen LogP contribution in [0.2, 0.25) is 0 Å². The van der Waals surface area contributed by atoms with Crippen LogP contribution in [0.25, 0.3) is 0 Å². The van der Waals surface area contributed by atoms with Crippen LogP contribution in [-0.2, 0) is 19.1 Å². The summed E-state index contributed by atoms with van der Waals surface area (Å²) >= 11 is 0. The SMILES string of the molecule is O=C1CCC(N2C(=O)c3cccc(NCCOCCOCCF)c3C2=O)C(=O)N1. The van der Waals surface area contributed by atoms with Crippen LogP contribution in [0.1, 0.15) is 33.6 Å². The second-order valence-corrected chi connectivity index (χ2v) is 6.52. The van der Waals surface area contributed by atoms with Gasteiger partial charge in [0, 0.05) is 18.7 Å². The maximum Gasteiger partial charge on any atom is 0.264 e. The lowest BCUT2D eigenvalue weighted by molar-refractivity contribution is -0.136. The normalized spacial score (nSPS) is 18.8. The molecule has 9 nitrogen and oxygen atoms in total. The summed E-state index contributed by atoms with van der Waals surface area (Å²) in [6.45, 7) is 0.801. The van der Waals surface area contributed by atoms with Crippen molar-refractivity contribution >= 4 is 29.3 Å². The van der Waals surface area contributed by atoms with Crippen LogP contribution < -0.4 is 10.6 Å². The minimum absolute atomic E-state index is 0.0393. The van der Waals surface area contributed by atoms with Crippen molar-refractivity contribution in [2.75, 3.05) is 45.0 Å². The Bertz CT molecular complexity index is 815. The van der Waals surface area contributed by atoms with Crippen LogP contribution in [0.4, 0.5) is 10.1 Å². The molecule has 1 atom stereocenters. The van der Waals surface area contributed by atoms with Crippen molar-refractivity contribution in [2.24, 2.45) is 0 Å². The number of carbonyl (C=O) groups is 4. The lowest BCUT2D eigenvalue weighted by atomic mass is 10.0. The van der Waals surface area contributed by atoms with Gasteiger partial charge in [-0.15, -0.1) is 0 Å². The average Bonchev–Trinajstić information content (AvgIpc) is 2.95. The molecule has 10 heteroatoms. The fourth-order valence-corrected chi connectivity index (χ4v) is 3.30. The summed E-state index contributed by atoms with van der Waals surface area (Å²) in [6.07, 6.45) is 0.179. The Labute approximate surface area is 166 Å². The van der Waals surface area contributed by atoms with Gasteiger partial charge in [0.2, 0.25) is 11.8 Å². The van der Waals surface area contributed by atoms with Gasteiger partial charge >= 0.3 is 0 Å². The Kier molecular flexibility index (Phi) is 6.89. The third-order valence-electron chi connectivity index (χ3n) is 4.62. The van der Waals surface area contributed by atoms with Gasteiger partial charge in [-0.3, -0.25) is 29.4 Å². The highest BCUT2D eigenvalue weighted by Gasteiger charge is 2.45. The number of benzene rings is 1. The Hall–Kier alpha value is -2.85. The fraction of sp³-hybridized carbons (Fsp3) is 0.474. The second-order valence-electron chi connectivity index (χ2n) is 6.52. The molecule has 0 bridgehead atoms. The fourth-order valence-electron chi connectivity index (χ4n) is 3.30. The topological polar surface area (TPSA) is 114 Å². The van der Waals surface area contributed by atoms with E-state index in [2.05, 4.69) is 10.6 Å². The molecule has 29 heavy (non-hydrogen) atoms. The summed E-state index contributed by atoms with van der Waals surface area (Å²) in [7, 11) is 0. The molecule has 1 fully saturated rings. The number of amides is 4. The van der Waals surface area contributed by atoms with Gasteiger partial charge in [0.05, 0.1) is 37.6 Å². The van der Waals surface area contributed by atoms with E-state index in [-0.39, 0.29) is 30.6 Å². The van der Waals surface area contributed by atoms with Gasteiger partial charge in [-0.2, -0.15) is 0 Å². The molecular weight excluding hydrogens is 385 g/mol. The van der Waals surface area contributed by atoms with E-state index in [0.717, 1.165) is 4.90 Å². The Balaban J connectivity index is 1.61. The van der Waals surface area contributed by atoms with E-state index in [1.54, 1.807) is 12.1 Å². The molecule has 4 amide bonds. The molecule has 156 valence electrons. The quantitative estimate of drug-likeness (QED) is 0.429. The standard InChI is InChI=1S/C19H22FN3O6/c20-6-8-28-10-11-29-9-7-21-13-3-1-2-12-16(13)19(27)23(18(12)26)14-4-5-15(24)22-17(14)25/h1-3,14,21H,4-11H2,(H,22,24,25). The van der Waals surface area contributed by atoms with Gasteiger partial charge in [-0.1, -0.05) is 6.07 Å². The predicted octanol–water partition coefficient (Wildman–Crippen LogP) is 0.502. The molecule has 1 saturated heterocycles. The van der Waals surface area contributed by atoms with Gasteiger partial charge in [0.1, 0.15) is 12.7 Å². The highest BCUT2D eigenvalue weighted by Crippen LogP contribution is 2.32. The van der Waals surface area contributed by atoms with Gasteiger partial charge < -0.3 is 14.8 Å². The van der Waals surface area contributed by atoms with Crippen LogP contribution in [0.15, 0.2) is 18.2 Å². The summed E-state index contributed by atoms with van der Waals surface area (Å²) in [4.78, 5) is 50.0. The van der Waals surface area contributed by atoms with E-state index in [1.165, 1.54) is 6.07 Å². The van der Waals surface area contributed by atoms with Gasteiger partial charge in [0.25, 0.3) is 11.8 Å². The zero-order valence-corrected chi connectivity index (χ0v) is 15.7. The Morgan fingerprint density at radius 3 is 2.55 bits per heavy atom. The Morgan fingerprint density at radius 2 is 1.83 bits per heavy atom. The largest absolute Gasteiger partial charge is 0.382 e. The van der Waals surface area contributed by atoms with Gasteiger partial charge in [-0.25, -0.2) is 4.39 Å². The number of fused-ring (bicyclic) bond motifs is 1. The molecule has 0 radical (unpaired) electrons. The summed E-state index contributed by atoms with van der Waals surface area (Å²) in [5.74, 6) is -2.18. The molecule has 2 aliphatic heterocycles. The average molecular weight is 407 g/mol. The minimum atomic E-state index is -0.999. The third kappa shape index (κ3) is 4.60. The number of hydrogen-bond acceptors (Lipinski definition) is 7. The molecule has 2 heterocycles. The number of nitrogens with zero attached hydrogens (tertiary/aromatic N) is 1. The Morgan fingerprint density at radius 1 is 1.07 bits per heavy atom. The number of carbonyl (C=O) groups excluding carboxylic acids is 4. The lowest BCUT2D eigenvalue weighted by Gasteiger charge is -2.27. The van der Waals surface area contributed by atoms with E-state index in [0.29, 0.717) is 32.1 Å². The van der Waals surface area contributed by atoms with Crippen molar-refractivity contribution in [3.05, 3.63) is 29.3 Å². The minimum Gasteiger partial charge on any atom is -0.382 e. The zero-order chi connectivity index (χ0) is 20.8. The maximum absolute atomic E-state index is 12.9. The van der Waals surface area contributed by atoms with Crippen molar-refractivity contribution in [3.8, 4) is 0 Å². The van der Waals surface area contributed by atoms with Crippen LogP contribution >= 0.6 is 0 Å². The highest BCUT2D eigenvalue weighted by atomic mass is 19.1. The van der Waals surface area contributed by atoms with E-state index >= 15 is 0 Å². The number of rotatable bonds is 10. The third-order valence-corrected chi connectivity index (χ3v) is 4.62. The number of hydrogen-bond donors (Lipinski definition) is 2. The van der Waals surface area contributed by atoms with Crippen molar-refractivity contribution < 1.29 is 33.0 Å². The number of piperidine rings is 1. The molecule has 0 spiro atoms. The van der Waals surface area contributed by atoms with Crippen molar-refractivity contribution in [2.45, 2.75) is 18.9 Å². The molecule has 0 aliphatic carbocycles. The maximum atomic E-state index is 12.9. The number of nitrogens with one attached hydrogen (secondary N) is 2. The van der Waals surface area contributed by atoms with E-state index < -0.39 is 36.3 Å². The summed E-state index contributed by atoms with van der Waals surface area (Å²) in [6, 6.07) is 3.85. The van der Waals surface area contributed by atoms with E-state index in [4.69, 9.17) is 9.47 Å². The molecular formula is C19H22FN3O6. The highest BCUT2D eigenvalue weighted by molar-refractivity contribution is 6.25. The first-order valence-electron chi connectivity index (χ1n) is 9.34. The number of ether oxygens (including phenoxy) is 2. The number of anilines is 1. The molecule has 1 aromatic carbocycles. The van der Waals surface area contributed by atoms with Gasteiger partial charge in [0.15, 0.2) is 0 Å². The second kappa shape index (κ2) is 9.57. The summed E-state index contributed by atoms with van der Waals surface area (Å²) < 4.78 is 22.2. The molecule has 1 aromatic rings. The van der Waals surface area contributed by atoms with Crippen LogP contribution in [-0.4, -0.2) is 74.2 Å². The summed E-state index contributed by atoms with van der Waals surface area (Å²) in [5.41, 5.74) is 0.881. The number of halogens is 1. The van der Waals surface area contributed by atoms with Crippen LogP contribution in [0.5, 0.6) is 0 Å². The molecule has 2 aliphatic rings. The lowest BCUT2D eigenvalue weighted by Crippen LogP contribution is -2.54. The van der Waals surface area contributed by atoms with E-state index in [9.17, 15) is 23.6 Å². The smallest absolute Gasteiger partial charge is 0.264 e. The summed E-state index contributed by atoms with van der Waals surface area (Å²) in [5, 5.41) is 5.23. The van der Waals surface area contributed by atoms with Crippen molar-refractivity contribution in [1.82, 2.24) is 10.2 Å². The first kappa shape index (κ1) is 20.9. The first-order valence-corrected chi connectivity index (χ1v) is 9.34. The van der Waals surface area contributed by atoms with Gasteiger partial charge in [-0.05, 0) is 18.6 Å². The number of imide groups is 2. The predicted molar refractivity (Wildman–Crippen MR) is 99.2 cm³/mol. The van der Waals surface area contributed by atoms with Crippen molar-refractivity contribution in [1.29, 1.82) is 0 Å². The molecule has 0 aromatic heterocycles. The monoisotopic (exact) mass is 407 g/mol. The van der Waals surface area contributed by atoms with Crippen molar-refractivity contribution in [3.63, 3.8) is 0 Å². The van der Waals surface area contributed by atoms with Crippen LogP contribution in [0, 0.1) is 0 Å². The first-order chi connectivity index (χ1) is 14.0. The molecule has 0 saturated carbocycles. The molecule has 3 rings (SSSR count).